The van der Waals surface area contributed by atoms with Gasteiger partial charge in [-0.1, -0.05) is 53.6 Å². The Bertz CT molecular complexity index is 1490. The number of carbonyl (C=O) groups is 4. The number of imide groups is 1. The van der Waals surface area contributed by atoms with E-state index in [4.69, 9.17) is 16.2 Å². The number of anilines is 1. The third kappa shape index (κ3) is 6.66. The highest BCUT2D eigenvalue weighted by atomic mass is 16.6. The average molecular weight is 548 g/mol. The SMILES string of the molecule is CC(Cc1c[nH]c2ccccc12)(OC(=O)N(CC(N)c1ccccc1)C(=O)CCC(=O)Nc1nnn[nH]1)C(N)=O. The van der Waals surface area contributed by atoms with E-state index < -0.39 is 35.5 Å². The number of hydrogen-bond acceptors (Lipinski definition) is 9. The van der Waals surface area contributed by atoms with Crippen LogP contribution in [0.15, 0.2) is 60.8 Å². The van der Waals surface area contributed by atoms with Gasteiger partial charge in [0.15, 0.2) is 5.60 Å². The molecule has 0 aliphatic rings. The monoisotopic (exact) mass is 547 g/mol. The first-order valence-electron chi connectivity index (χ1n) is 12.4. The average Bonchev–Trinajstić information content (AvgIpc) is 3.60. The van der Waals surface area contributed by atoms with Crippen molar-refractivity contribution in [1.82, 2.24) is 30.5 Å². The lowest BCUT2D eigenvalue weighted by atomic mass is 9.95. The van der Waals surface area contributed by atoms with Crippen molar-refractivity contribution in [2.75, 3.05) is 11.9 Å². The maximum absolute atomic E-state index is 13.4. The number of nitrogens with one attached hydrogen (secondary N) is 3. The van der Waals surface area contributed by atoms with Crippen LogP contribution in [-0.4, -0.2) is 66.5 Å². The number of ether oxygens (including phenoxy) is 1. The smallest absolute Gasteiger partial charge is 0.417 e. The molecule has 2 heterocycles. The van der Waals surface area contributed by atoms with Crippen LogP contribution in [0, 0.1) is 0 Å². The molecular weight excluding hydrogens is 518 g/mol. The van der Waals surface area contributed by atoms with Gasteiger partial charge in [0.25, 0.3) is 5.91 Å². The van der Waals surface area contributed by atoms with Crippen LogP contribution >= 0.6 is 0 Å². The van der Waals surface area contributed by atoms with Crippen LogP contribution < -0.4 is 16.8 Å². The fraction of sp³-hybridized carbons (Fsp3) is 0.269. The maximum Gasteiger partial charge on any atom is 0.417 e. The summed E-state index contributed by atoms with van der Waals surface area (Å²) in [5, 5.41) is 15.8. The van der Waals surface area contributed by atoms with Crippen molar-refractivity contribution in [3.8, 4) is 0 Å². The highest BCUT2D eigenvalue weighted by Crippen LogP contribution is 2.26. The lowest BCUT2D eigenvalue weighted by Gasteiger charge is -2.30. The van der Waals surface area contributed by atoms with E-state index in [9.17, 15) is 19.2 Å². The second-order valence-electron chi connectivity index (χ2n) is 9.32. The van der Waals surface area contributed by atoms with Crippen LogP contribution in [0.1, 0.15) is 36.9 Å². The summed E-state index contributed by atoms with van der Waals surface area (Å²) in [4.78, 5) is 55.4. The number of aromatic amines is 2. The predicted molar refractivity (Wildman–Crippen MR) is 143 cm³/mol. The molecular formula is C26H29N9O5. The first-order valence-corrected chi connectivity index (χ1v) is 12.4. The van der Waals surface area contributed by atoms with Gasteiger partial charge < -0.3 is 21.2 Å². The summed E-state index contributed by atoms with van der Waals surface area (Å²) in [5.74, 6) is -2.18. The normalized spacial score (nSPS) is 13.2. The zero-order chi connectivity index (χ0) is 28.7. The number of amides is 4. The number of primary amides is 1. The number of benzene rings is 2. The van der Waals surface area contributed by atoms with Crippen molar-refractivity contribution in [2.45, 2.75) is 37.8 Å². The number of nitrogens with two attached hydrogens (primary N) is 2. The minimum absolute atomic E-state index is 0.00863. The number of para-hydroxylation sites is 1. The molecule has 0 saturated heterocycles. The molecule has 4 amide bonds. The van der Waals surface area contributed by atoms with Crippen LogP contribution in [0.3, 0.4) is 0 Å². The fourth-order valence-electron chi connectivity index (χ4n) is 4.11. The molecule has 0 spiro atoms. The van der Waals surface area contributed by atoms with Crippen LogP contribution in [-0.2, 0) is 25.5 Å². The Morgan fingerprint density at radius 1 is 1.07 bits per heavy atom. The van der Waals surface area contributed by atoms with Gasteiger partial charge in [0.1, 0.15) is 0 Å². The molecule has 208 valence electrons. The number of aromatic nitrogens is 5. The molecule has 2 unspecified atom stereocenters. The summed E-state index contributed by atoms with van der Waals surface area (Å²) >= 11 is 0. The first kappa shape index (κ1) is 27.9. The maximum atomic E-state index is 13.4. The van der Waals surface area contributed by atoms with Gasteiger partial charge in [0.2, 0.25) is 17.8 Å². The summed E-state index contributed by atoms with van der Waals surface area (Å²) in [6.07, 6.45) is -0.0985. The molecule has 7 N–H and O–H groups in total. The predicted octanol–water partition coefficient (Wildman–Crippen LogP) is 1.55. The molecule has 0 radical (unpaired) electrons. The number of carbonyl (C=O) groups excluding carboxylic acids is 4. The molecule has 0 fully saturated rings. The minimum Gasteiger partial charge on any atom is -0.432 e. The van der Waals surface area contributed by atoms with Gasteiger partial charge in [-0.2, -0.15) is 0 Å². The molecule has 2 atom stereocenters. The quantitative estimate of drug-likeness (QED) is 0.184. The Kier molecular flexibility index (Phi) is 8.49. The highest BCUT2D eigenvalue weighted by molar-refractivity contribution is 5.97. The van der Waals surface area contributed by atoms with Gasteiger partial charge in [0, 0.05) is 42.4 Å². The molecule has 0 saturated carbocycles. The molecule has 14 heteroatoms. The Hall–Kier alpha value is -5.11. The van der Waals surface area contributed by atoms with Gasteiger partial charge in [-0.15, -0.1) is 0 Å². The van der Waals surface area contributed by atoms with Crippen LogP contribution in [0.4, 0.5) is 10.7 Å². The lowest BCUT2D eigenvalue weighted by molar-refractivity contribution is -0.140. The Morgan fingerprint density at radius 2 is 1.80 bits per heavy atom. The molecule has 2 aromatic carbocycles. The van der Waals surface area contributed by atoms with Gasteiger partial charge >= 0.3 is 6.09 Å². The van der Waals surface area contributed by atoms with E-state index in [0.29, 0.717) is 11.1 Å². The molecule has 4 rings (SSSR count). The van der Waals surface area contributed by atoms with E-state index in [0.717, 1.165) is 15.8 Å². The van der Waals surface area contributed by atoms with E-state index >= 15 is 0 Å². The molecule has 4 aromatic rings. The third-order valence-corrected chi connectivity index (χ3v) is 6.33. The second kappa shape index (κ2) is 12.2. The minimum atomic E-state index is -1.80. The Balaban J connectivity index is 1.52. The van der Waals surface area contributed by atoms with Crippen molar-refractivity contribution in [2.24, 2.45) is 11.5 Å². The topological polar surface area (TPSA) is 215 Å². The molecule has 0 bridgehead atoms. The Morgan fingerprint density at radius 3 is 2.50 bits per heavy atom. The van der Waals surface area contributed by atoms with Crippen LogP contribution in [0.25, 0.3) is 10.9 Å². The molecule has 40 heavy (non-hydrogen) atoms. The van der Waals surface area contributed by atoms with Crippen molar-refractivity contribution in [1.29, 1.82) is 0 Å². The van der Waals surface area contributed by atoms with Gasteiger partial charge in [-0.3, -0.25) is 19.7 Å². The summed E-state index contributed by atoms with van der Waals surface area (Å²) in [7, 11) is 0. The van der Waals surface area contributed by atoms with E-state index in [1.165, 1.54) is 6.92 Å². The molecule has 2 aromatic heterocycles. The third-order valence-electron chi connectivity index (χ3n) is 6.33. The molecule has 0 aliphatic carbocycles. The number of nitrogens with zero attached hydrogens (tertiary/aromatic N) is 4. The summed E-state index contributed by atoms with van der Waals surface area (Å²) in [6.45, 7) is 1.12. The van der Waals surface area contributed by atoms with E-state index in [1.807, 2.05) is 24.3 Å². The summed E-state index contributed by atoms with van der Waals surface area (Å²) in [6, 6.07) is 15.5. The standard InChI is InChI=1S/C26H29N9O5/c1-26(23(28)38,13-17-14-29-20-10-6-5-9-18(17)20)40-25(39)35(15-19(27)16-7-3-2-4-8-16)22(37)12-11-21(36)30-24-31-33-34-32-24/h2-10,14,19,29H,11-13,15,27H2,1H3,(H2,28,38)(H2,30,31,32,33,34,36). The van der Waals surface area contributed by atoms with Crippen molar-refractivity contribution in [3.05, 3.63) is 71.9 Å². The zero-order valence-electron chi connectivity index (χ0n) is 21.7. The largest absolute Gasteiger partial charge is 0.432 e. The zero-order valence-corrected chi connectivity index (χ0v) is 21.7. The number of hydrogen-bond donors (Lipinski definition) is 5. The lowest BCUT2D eigenvalue weighted by Crippen LogP contribution is -2.51. The van der Waals surface area contributed by atoms with Crippen molar-refractivity contribution in [3.63, 3.8) is 0 Å². The molecule has 14 nitrogen and oxygen atoms in total. The van der Waals surface area contributed by atoms with Crippen molar-refractivity contribution >= 4 is 40.7 Å². The van der Waals surface area contributed by atoms with Crippen LogP contribution in [0.5, 0.6) is 0 Å². The molecule has 0 aliphatic heterocycles. The summed E-state index contributed by atoms with van der Waals surface area (Å²) in [5.41, 5.74) is 12.4. The van der Waals surface area contributed by atoms with Gasteiger partial charge in [-0.25, -0.2) is 14.8 Å². The first-order chi connectivity index (χ1) is 19.2. The number of tetrazole rings is 1. The fourth-order valence-corrected chi connectivity index (χ4v) is 4.11. The van der Waals surface area contributed by atoms with E-state index in [-0.39, 0.29) is 31.8 Å². The van der Waals surface area contributed by atoms with E-state index in [2.05, 4.69) is 30.9 Å². The number of rotatable bonds is 11. The van der Waals surface area contributed by atoms with Crippen molar-refractivity contribution < 1.29 is 23.9 Å². The number of fused-ring (bicyclic) bond motifs is 1. The van der Waals surface area contributed by atoms with Gasteiger partial charge in [0.05, 0.1) is 6.54 Å². The second-order valence-corrected chi connectivity index (χ2v) is 9.32. The highest BCUT2D eigenvalue weighted by Gasteiger charge is 2.39. The van der Waals surface area contributed by atoms with Crippen LogP contribution in [0.2, 0.25) is 0 Å². The number of H-pyrrole nitrogens is 2. The Labute approximate surface area is 228 Å². The summed E-state index contributed by atoms with van der Waals surface area (Å²) < 4.78 is 5.62. The van der Waals surface area contributed by atoms with E-state index in [1.54, 1.807) is 36.5 Å². The van der Waals surface area contributed by atoms with Gasteiger partial charge in [-0.05, 0) is 34.5 Å².